The van der Waals surface area contributed by atoms with Gasteiger partial charge in [-0.15, -0.1) is 0 Å². The van der Waals surface area contributed by atoms with Crippen LogP contribution in [0.3, 0.4) is 0 Å². The molecular formula is C19H23NO3S. The lowest BCUT2D eigenvalue weighted by atomic mass is 10.1. The predicted octanol–water partition coefficient (Wildman–Crippen LogP) is 4.06. The van der Waals surface area contributed by atoms with Gasteiger partial charge in [0, 0.05) is 22.6 Å². The molecule has 0 atom stereocenters. The quantitative estimate of drug-likeness (QED) is 0.733. The van der Waals surface area contributed by atoms with Gasteiger partial charge in [-0.25, -0.2) is 0 Å². The number of benzene rings is 2. The summed E-state index contributed by atoms with van der Waals surface area (Å²) >= 11 is 1.71. The van der Waals surface area contributed by atoms with Crippen molar-refractivity contribution < 1.29 is 14.3 Å². The number of amides is 1. The van der Waals surface area contributed by atoms with E-state index in [0.717, 1.165) is 10.6 Å². The van der Waals surface area contributed by atoms with Gasteiger partial charge in [0.1, 0.15) is 6.61 Å². The highest BCUT2D eigenvalue weighted by Crippen LogP contribution is 2.29. The molecule has 0 radical (unpaired) electrons. The second-order valence-corrected chi connectivity index (χ2v) is 6.61. The van der Waals surface area contributed by atoms with Crippen molar-refractivity contribution in [3.63, 3.8) is 0 Å². The number of rotatable bonds is 8. The first-order valence-electron chi connectivity index (χ1n) is 7.80. The molecule has 0 heterocycles. The van der Waals surface area contributed by atoms with E-state index in [1.54, 1.807) is 18.9 Å². The zero-order valence-electron chi connectivity index (χ0n) is 14.3. The van der Waals surface area contributed by atoms with Gasteiger partial charge >= 0.3 is 0 Å². The molecule has 0 aliphatic heterocycles. The van der Waals surface area contributed by atoms with Crippen LogP contribution < -0.4 is 5.32 Å². The smallest absolute Gasteiger partial charge is 0.250 e. The molecule has 24 heavy (non-hydrogen) atoms. The lowest BCUT2D eigenvalue weighted by Crippen LogP contribution is -2.19. The number of methoxy groups -OCH3 is 1. The molecule has 4 nitrogen and oxygen atoms in total. The summed E-state index contributed by atoms with van der Waals surface area (Å²) < 4.78 is 10.0. The van der Waals surface area contributed by atoms with E-state index in [0.29, 0.717) is 13.2 Å². The average Bonchev–Trinajstić information content (AvgIpc) is 2.57. The minimum absolute atomic E-state index is 0.0303. The molecule has 2 aromatic rings. The maximum absolute atomic E-state index is 11.7. The molecule has 0 fully saturated rings. The maximum Gasteiger partial charge on any atom is 0.250 e. The topological polar surface area (TPSA) is 47.6 Å². The van der Waals surface area contributed by atoms with Gasteiger partial charge in [-0.1, -0.05) is 17.8 Å². The van der Waals surface area contributed by atoms with E-state index in [1.165, 1.54) is 16.0 Å². The Hall–Kier alpha value is -1.82. The van der Waals surface area contributed by atoms with E-state index in [4.69, 9.17) is 9.47 Å². The van der Waals surface area contributed by atoms with Crippen LogP contribution in [0.2, 0.25) is 0 Å². The number of nitrogens with one attached hydrogen (secondary N) is 1. The third-order valence-electron chi connectivity index (χ3n) is 3.52. The standard InChI is InChI=1S/C19H23NO3S/c1-14-4-7-18(12-15(14)2)24-17-8-5-16(6-9-17)20-19(21)13-23-11-10-22-3/h4-9,12H,10-11,13H2,1-3H3,(H,20,21). The molecule has 0 bridgehead atoms. The lowest BCUT2D eigenvalue weighted by Gasteiger charge is -2.08. The van der Waals surface area contributed by atoms with Gasteiger partial charge in [0.05, 0.1) is 13.2 Å². The van der Waals surface area contributed by atoms with Crippen LogP contribution in [0.25, 0.3) is 0 Å². The van der Waals surface area contributed by atoms with E-state index >= 15 is 0 Å². The Morgan fingerprint density at radius 2 is 1.71 bits per heavy atom. The zero-order chi connectivity index (χ0) is 17.4. The number of hydrogen-bond acceptors (Lipinski definition) is 4. The van der Waals surface area contributed by atoms with Crippen molar-refractivity contribution in [1.29, 1.82) is 0 Å². The number of anilines is 1. The summed E-state index contributed by atoms with van der Waals surface area (Å²) in [6, 6.07) is 14.2. The Morgan fingerprint density at radius 3 is 2.38 bits per heavy atom. The first-order valence-corrected chi connectivity index (χ1v) is 8.62. The van der Waals surface area contributed by atoms with Gasteiger partial charge in [0.25, 0.3) is 0 Å². The third-order valence-corrected chi connectivity index (χ3v) is 4.51. The fraction of sp³-hybridized carbons (Fsp3) is 0.316. The first-order chi connectivity index (χ1) is 11.6. The fourth-order valence-corrected chi connectivity index (χ4v) is 2.94. The summed E-state index contributed by atoms with van der Waals surface area (Å²) in [5, 5.41) is 2.81. The van der Waals surface area contributed by atoms with Crippen LogP contribution in [-0.2, 0) is 14.3 Å². The summed E-state index contributed by atoms with van der Waals surface area (Å²) in [6.07, 6.45) is 0. The van der Waals surface area contributed by atoms with Gasteiger partial charge in [0.2, 0.25) is 5.91 Å². The minimum atomic E-state index is -0.166. The predicted molar refractivity (Wildman–Crippen MR) is 97.8 cm³/mol. The fourth-order valence-electron chi connectivity index (χ4n) is 2.02. The van der Waals surface area contributed by atoms with Crippen molar-refractivity contribution in [2.45, 2.75) is 23.6 Å². The number of carbonyl (C=O) groups is 1. The molecule has 0 spiro atoms. The van der Waals surface area contributed by atoms with Crippen molar-refractivity contribution in [2.75, 3.05) is 32.2 Å². The molecule has 128 valence electrons. The van der Waals surface area contributed by atoms with Gasteiger partial charge in [0.15, 0.2) is 0 Å². The molecule has 0 aliphatic carbocycles. The Labute approximate surface area is 147 Å². The van der Waals surface area contributed by atoms with Gasteiger partial charge in [-0.05, 0) is 61.4 Å². The van der Waals surface area contributed by atoms with Crippen LogP contribution in [0.5, 0.6) is 0 Å². The summed E-state index contributed by atoms with van der Waals surface area (Å²) in [7, 11) is 1.60. The monoisotopic (exact) mass is 345 g/mol. The Kier molecular flexibility index (Phi) is 7.31. The molecule has 1 amide bonds. The van der Waals surface area contributed by atoms with E-state index in [-0.39, 0.29) is 12.5 Å². The molecular weight excluding hydrogens is 322 g/mol. The molecule has 2 aromatic carbocycles. The summed E-state index contributed by atoms with van der Waals surface area (Å²) in [4.78, 5) is 14.1. The van der Waals surface area contributed by atoms with Gasteiger partial charge < -0.3 is 14.8 Å². The lowest BCUT2D eigenvalue weighted by molar-refractivity contribution is -0.121. The van der Waals surface area contributed by atoms with Crippen LogP contribution in [-0.4, -0.2) is 32.8 Å². The molecule has 0 aliphatic rings. The Morgan fingerprint density at radius 1 is 1.00 bits per heavy atom. The second kappa shape index (κ2) is 9.47. The van der Waals surface area contributed by atoms with Crippen LogP contribution in [0, 0.1) is 13.8 Å². The first kappa shape index (κ1) is 18.5. The molecule has 0 aromatic heterocycles. The van der Waals surface area contributed by atoms with E-state index in [9.17, 15) is 4.79 Å². The highest BCUT2D eigenvalue weighted by atomic mass is 32.2. The van der Waals surface area contributed by atoms with Crippen molar-refractivity contribution in [1.82, 2.24) is 0 Å². The number of carbonyl (C=O) groups excluding carboxylic acids is 1. The zero-order valence-corrected chi connectivity index (χ0v) is 15.1. The average molecular weight is 345 g/mol. The molecule has 0 saturated heterocycles. The normalized spacial score (nSPS) is 10.6. The summed E-state index contributed by atoms with van der Waals surface area (Å²) in [5.41, 5.74) is 3.35. The number of aryl methyl sites for hydroxylation is 2. The van der Waals surface area contributed by atoms with Crippen LogP contribution in [0.15, 0.2) is 52.3 Å². The second-order valence-electron chi connectivity index (χ2n) is 5.47. The van der Waals surface area contributed by atoms with Crippen LogP contribution >= 0.6 is 11.8 Å². The van der Waals surface area contributed by atoms with E-state index < -0.39 is 0 Å². The van der Waals surface area contributed by atoms with Crippen LogP contribution in [0.4, 0.5) is 5.69 Å². The number of ether oxygens (including phenoxy) is 2. The minimum Gasteiger partial charge on any atom is -0.382 e. The van der Waals surface area contributed by atoms with Gasteiger partial charge in [-0.2, -0.15) is 0 Å². The molecule has 1 N–H and O–H groups in total. The van der Waals surface area contributed by atoms with Crippen LogP contribution in [0.1, 0.15) is 11.1 Å². The Balaban J connectivity index is 1.86. The summed E-state index contributed by atoms with van der Waals surface area (Å²) in [6.45, 7) is 5.16. The highest BCUT2D eigenvalue weighted by molar-refractivity contribution is 7.99. The van der Waals surface area contributed by atoms with Crippen molar-refractivity contribution in [2.24, 2.45) is 0 Å². The number of hydrogen-bond donors (Lipinski definition) is 1. The van der Waals surface area contributed by atoms with E-state index in [1.807, 2.05) is 24.3 Å². The SMILES string of the molecule is COCCOCC(=O)Nc1ccc(Sc2ccc(C)c(C)c2)cc1. The van der Waals surface area contributed by atoms with E-state index in [2.05, 4.69) is 37.4 Å². The highest BCUT2D eigenvalue weighted by Gasteiger charge is 2.04. The molecule has 0 unspecified atom stereocenters. The van der Waals surface area contributed by atoms with Crippen molar-refractivity contribution in [3.8, 4) is 0 Å². The molecule has 5 heteroatoms. The van der Waals surface area contributed by atoms with Crippen molar-refractivity contribution in [3.05, 3.63) is 53.6 Å². The molecule has 2 rings (SSSR count). The largest absolute Gasteiger partial charge is 0.382 e. The maximum atomic E-state index is 11.7. The van der Waals surface area contributed by atoms with Gasteiger partial charge in [-0.3, -0.25) is 4.79 Å². The third kappa shape index (κ3) is 6.00. The Bertz CT molecular complexity index is 671. The van der Waals surface area contributed by atoms with Crippen molar-refractivity contribution >= 4 is 23.4 Å². The summed E-state index contributed by atoms with van der Waals surface area (Å²) in [5.74, 6) is -0.166. The molecule has 0 saturated carbocycles.